The molecule has 15 N–H and O–H groups in total. The van der Waals surface area contributed by atoms with Gasteiger partial charge in [-0.2, -0.15) is 0 Å². The average Bonchev–Trinajstić information content (AvgIpc) is 3.06. The Morgan fingerprint density at radius 1 is 0.468 bits per heavy atom. The van der Waals surface area contributed by atoms with Crippen molar-refractivity contribution in [3.63, 3.8) is 0 Å². The molecule has 22 heteroatoms. The summed E-state index contributed by atoms with van der Waals surface area (Å²) in [7, 11) is 0. The summed E-state index contributed by atoms with van der Waals surface area (Å²) in [6.07, 6.45) is -38.6. The second-order valence-electron chi connectivity index (χ2n) is 11.7. The fourth-order valence-corrected chi connectivity index (χ4v) is 5.64. The molecular formula is C25H44O22. The van der Waals surface area contributed by atoms with Gasteiger partial charge in [0.2, 0.25) is 0 Å². The molecule has 0 aromatic heterocycles. The summed E-state index contributed by atoms with van der Waals surface area (Å²) in [6.45, 7) is -3.38. The number of rotatable bonds is 11. The van der Waals surface area contributed by atoms with Crippen LogP contribution < -0.4 is 0 Å². The fraction of sp³-hybridized carbons (Fsp3) is 1.00. The molecular weight excluding hydrogens is 652 g/mol. The summed E-state index contributed by atoms with van der Waals surface area (Å²) in [5.74, 6) is 0. The van der Waals surface area contributed by atoms with Crippen LogP contribution in [0.3, 0.4) is 0 Å². The number of hydrogen-bond donors (Lipinski definition) is 15. The molecule has 0 amide bonds. The lowest BCUT2D eigenvalue weighted by Gasteiger charge is -2.48. The molecule has 21 atom stereocenters. The minimum atomic E-state index is -2.07. The molecule has 0 unspecified atom stereocenters. The maximum Gasteiger partial charge on any atom is 0.187 e. The largest absolute Gasteiger partial charge is 0.394 e. The second-order valence-corrected chi connectivity index (χ2v) is 11.7. The Hall–Kier alpha value is -0.880. The summed E-state index contributed by atoms with van der Waals surface area (Å²) in [6, 6.07) is 0. The van der Waals surface area contributed by atoms with Gasteiger partial charge in [0.05, 0.1) is 26.4 Å². The lowest BCUT2D eigenvalue weighted by atomic mass is 9.95. The first-order chi connectivity index (χ1) is 22.2. The molecule has 0 bridgehead atoms. The third-order valence-electron chi connectivity index (χ3n) is 8.51. The van der Waals surface area contributed by atoms with E-state index in [2.05, 4.69) is 0 Å². The van der Waals surface area contributed by atoms with E-state index in [4.69, 9.17) is 33.2 Å². The molecule has 47 heavy (non-hydrogen) atoms. The van der Waals surface area contributed by atoms with Crippen molar-refractivity contribution in [2.24, 2.45) is 0 Å². The van der Waals surface area contributed by atoms with E-state index in [0.29, 0.717) is 0 Å². The van der Waals surface area contributed by atoms with E-state index in [1.807, 2.05) is 0 Å². The van der Waals surface area contributed by atoms with Crippen LogP contribution in [-0.4, -0.2) is 232 Å². The third-order valence-corrected chi connectivity index (χ3v) is 8.51. The number of hydrogen-bond acceptors (Lipinski definition) is 22. The molecule has 22 nitrogen and oxygen atoms in total. The van der Waals surface area contributed by atoms with Crippen LogP contribution in [0.25, 0.3) is 0 Å². The van der Waals surface area contributed by atoms with Crippen molar-refractivity contribution in [3.05, 3.63) is 0 Å². The molecule has 0 aliphatic carbocycles. The minimum Gasteiger partial charge on any atom is -0.394 e. The number of aliphatic hydroxyl groups is 15. The Balaban J connectivity index is 1.50. The Morgan fingerprint density at radius 3 is 1.62 bits per heavy atom. The summed E-state index contributed by atoms with van der Waals surface area (Å²) in [5.41, 5.74) is 0. The smallest absolute Gasteiger partial charge is 0.187 e. The maximum atomic E-state index is 10.9. The molecule has 4 rings (SSSR count). The van der Waals surface area contributed by atoms with E-state index < -0.39 is 155 Å². The summed E-state index contributed by atoms with van der Waals surface area (Å²) in [4.78, 5) is 0. The highest BCUT2D eigenvalue weighted by atomic mass is 16.8. The molecule has 0 aromatic carbocycles. The van der Waals surface area contributed by atoms with Crippen LogP contribution in [0.2, 0.25) is 0 Å². The summed E-state index contributed by atoms with van der Waals surface area (Å²) >= 11 is 0. The molecule has 0 saturated carbocycles. The summed E-state index contributed by atoms with van der Waals surface area (Å²) < 4.78 is 37.7. The van der Waals surface area contributed by atoms with Gasteiger partial charge in [-0.15, -0.1) is 0 Å². The molecule has 0 spiro atoms. The number of aliphatic hydroxyl groups excluding tert-OH is 15. The van der Waals surface area contributed by atoms with Gasteiger partial charge in [0.1, 0.15) is 104 Å². The van der Waals surface area contributed by atoms with Crippen molar-refractivity contribution in [2.45, 2.75) is 129 Å². The molecule has 4 fully saturated rings. The van der Waals surface area contributed by atoms with E-state index in [0.717, 1.165) is 0 Å². The predicted molar refractivity (Wildman–Crippen MR) is 140 cm³/mol. The first kappa shape index (κ1) is 38.9. The normalized spacial score (nSPS) is 51.9. The molecule has 0 radical (unpaired) electrons. The van der Waals surface area contributed by atoms with Gasteiger partial charge in [0.25, 0.3) is 0 Å². The highest BCUT2D eigenvalue weighted by Crippen LogP contribution is 2.33. The van der Waals surface area contributed by atoms with Gasteiger partial charge in [0.15, 0.2) is 25.2 Å². The van der Waals surface area contributed by atoms with Crippen LogP contribution in [0.1, 0.15) is 0 Å². The quantitative estimate of drug-likeness (QED) is 0.0953. The maximum absolute atomic E-state index is 10.9. The SMILES string of the molecule is OC[C@H](O)[C@H]1O[C@H](OC[C@H]2O[C@H](O[C@H]3[C@@H](O[C@@H]4[C@@H](O)[C@@H](O)O[C@H](CO)[C@H]4O)O[C@H](CO)[C@@H](O)[C@@H]3O)[C@H](O)[C@@H](O)[C@@H]2O)[C@@H](O)[C@@H](O)[C@@H]1O. The van der Waals surface area contributed by atoms with Gasteiger partial charge in [-0.05, 0) is 0 Å². The lowest BCUT2D eigenvalue weighted by molar-refractivity contribution is -0.390. The first-order valence-corrected chi connectivity index (χ1v) is 14.7. The average molecular weight is 697 g/mol. The van der Waals surface area contributed by atoms with E-state index in [9.17, 15) is 76.6 Å². The molecule has 4 aliphatic rings. The van der Waals surface area contributed by atoms with E-state index in [-0.39, 0.29) is 0 Å². The van der Waals surface area contributed by atoms with Gasteiger partial charge < -0.3 is 110 Å². The van der Waals surface area contributed by atoms with E-state index in [1.165, 1.54) is 0 Å². The van der Waals surface area contributed by atoms with Crippen molar-refractivity contribution >= 4 is 0 Å². The Bertz CT molecular complexity index is 966. The third kappa shape index (κ3) is 8.04. The van der Waals surface area contributed by atoms with Gasteiger partial charge in [-0.25, -0.2) is 0 Å². The standard InChI is InChI=1S/C25H44O22/c26-1-5(29)19-15(36)13(34)16(37)23(45-19)41-4-8-10(31)12(33)17(38)24(44-8)47-21-14(35)9(30)6(2-27)43-25(21)46-20-11(32)7(3-28)42-22(40)18(20)39/h5-40H,1-4H2/t5-,6+,7+,8+,9+,10+,11+,12-,13-,14-,15-,16-,17+,18+,19+,20-,21+,22-,23-,24+,25+/m0/s1. The van der Waals surface area contributed by atoms with Crippen LogP contribution in [-0.2, 0) is 33.2 Å². The van der Waals surface area contributed by atoms with E-state index in [1.54, 1.807) is 0 Å². The first-order valence-electron chi connectivity index (χ1n) is 14.7. The van der Waals surface area contributed by atoms with Gasteiger partial charge >= 0.3 is 0 Å². The Morgan fingerprint density at radius 2 is 1.00 bits per heavy atom. The predicted octanol–water partition coefficient (Wildman–Crippen LogP) is -10.4. The topological polar surface area (TPSA) is 368 Å². The van der Waals surface area contributed by atoms with Crippen molar-refractivity contribution in [1.82, 2.24) is 0 Å². The minimum absolute atomic E-state index is 0.781. The van der Waals surface area contributed by atoms with Crippen molar-refractivity contribution in [2.75, 3.05) is 26.4 Å². The molecule has 4 aliphatic heterocycles. The zero-order chi connectivity index (χ0) is 34.9. The van der Waals surface area contributed by atoms with Gasteiger partial charge in [0, 0.05) is 0 Å². The molecule has 276 valence electrons. The lowest BCUT2D eigenvalue weighted by Crippen LogP contribution is -2.67. The molecule has 4 saturated heterocycles. The van der Waals surface area contributed by atoms with Gasteiger partial charge in [-0.3, -0.25) is 0 Å². The van der Waals surface area contributed by atoms with Gasteiger partial charge in [-0.1, -0.05) is 0 Å². The molecule has 0 aromatic rings. The Kier molecular flexibility index (Phi) is 13.6. The van der Waals surface area contributed by atoms with E-state index >= 15 is 0 Å². The zero-order valence-electron chi connectivity index (χ0n) is 24.5. The second kappa shape index (κ2) is 16.4. The fourth-order valence-electron chi connectivity index (χ4n) is 5.64. The van der Waals surface area contributed by atoms with Crippen LogP contribution in [0, 0.1) is 0 Å². The van der Waals surface area contributed by atoms with Crippen LogP contribution >= 0.6 is 0 Å². The van der Waals surface area contributed by atoms with Crippen LogP contribution in [0.4, 0.5) is 0 Å². The zero-order valence-corrected chi connectivity index (χ0v) is 24.5. The highest BCUT2D eigenvalue weighted by molar-refractivity contribution is 4.97. The van der Waals surface area contributed by atoms with Crippen LogP contribution in [0.15, 0.2) is 0 Å². The molecule has 4 heterocycles. The highest BCUT2D eigenvalue weighted by Gasteiger charge is 2.54. The Labute approximate surface area is 265 Å². The van der Waals surface area contributed by atoms with Crippen molar-refractivity contribution in [3.8, 4) is 0 Å². The number of ether oxygens (including phenoxy) is 7. The summed E-state index contributed by atoms with van der Waals surface area (Å²) in [5, 5.41) is 153. The van der Waals surface area contributed by atoms with Crippen molar-refractivity contribution < 1.29 is 110 Å². The monoisotopic (exact) mass is 696 g/mol. The van der Waals surface area contributed by atoms with Crippen LogP contribution in [0.5, 0.6) is 0 Å². The van der Waals surface area contributed by atoms with Crippen molar-refractivity contribution in [1.29, 1.82) is 0 Å².